The first-order chi connectivity index (χ1) is 13.3. The summed E-state index contributed by atoms with van der Waals surface area (Å²) in [6.07, 6.45) is -1.38. The SMILES string of the molecule is [2H]C([2H])([2H])C([2H])([2H])c1cnc2c(n1)N(c1ccccc1)CN2c1ccccc1. The molecular weight excluding hydrogens is 284 g/mol. The van der Waals surface area contributed by atoms with Crippen LogP contribution in [0.2, 0.25) is 0 Å². The lowest BCUT2D eigenvalue weighted by atomic mass is 10.3. The van der Waals surface area contributed by atoms with Crippen molar-refractivity contribution in [2.24, 2.45) is 0 Å². The maximum absolute atomic E-state index is 8.04. The van der Waals surface area contributed by atoms with Crippen LogP contribution in [0.3, 0.4) is 0 Å². The van der Waals surface area contributed by atoms with E-state index in [9.17, 15) is 0 Å². The van der Waals surface area contributed by atoms with Crippen LogP contribution in [0.5, 0.6) is 0 Å². The lowest BCUT2D eigenvalue weighted by molar-refractivity contribution is 0.969. The second kappa shape index (κ2) is 5.72. The minimum absolute atomic E-state index is 0.206. The number of aryl methyl sites for hydroxylation is 1. The maximum atomic E-state index is 8.04. The molecule has 114 valence electrons. The fraction of sp³-hybridized carbons (Fsp3) is 0.158. The predicted molar refractivity (Wildman–Crippen MR) is 93.4 cm³/mol. The first-order valence-corrected chi connectivity index (χ1v) is 7.32. The number of benzene rings is 2. The van der Waals surface area contributed by atoms with Crippen LogP contribution in [0.15, 0.2) is 66.9 Å². The molecule has 0 unspecified atom stereocenters. The lowest BCUT2D eigenvalue weighted by Gasteiger charge is -2.20. The van der Waals surface area contributed by atoms with Gasteiger partial charge >= 0.3 is 0 Å². The van der Waals surface area contributed by atoms with E-state index < -0.39 is 13.2 Å². The number of hydrogen-bond donors (Lipinski definition) is 0. The van der Waals surface area contributed by atoms with Crippen molar-refractivity contribution in [3.63, 3.8) is 0 Å². The molecule has 0 aliphatic carbocycles. The van der Waals surface area contributed by atoms with E-state index >= 15 is 0 Å². The van der Waals surface area contributed by atoms with Crippen LogP contribution < -0.4 is 9.80 Å². The number of rotatable bonds is 3. The molecule has 4 nitrogen and oxygen atoms in total. The van der Waals surface area contributed by atoms with E-state index in [0.717, 1.165) is 11.4 Å². The molecule has 4 heteroatoms. The van der Waals surface area contributed by atoms with Crippen LogP contribution in [0.25, 0.3) is 0 Å². The van der Waals surface area contributed by atoms with Crippen molar-refractivity contribution in [3.8, 4) is 0 Å². The monoisotopic (exact) mass is 307 g/mol. The molecule has 2 aromatic carbocycles. The molecule has 0 saturated carbocycles. The second-order valence-corrected chi connectivity index (χ2v) is 5.20. The van der Waals surface area contributed by atoms with E-state index in [0.29, 0.717) is 18.3 Å². The van der Waals surface area contributed by atoms with Gasteiger partial charge in [0.05, 0.1) is 11.9 Å². The van der Waals surface area contributed by atoms with Crippen molar-refractivity contribution in [1.29, 1.82) is 0 Å². The van der Waals surface area contributed by atoms with Gasteiger partial charge in [-0.05, 0) is 30.6 Å². The summed E-state index contributed by atoms with van der Waals surface area (Å²) in [6, 6.07) is 19.2. The minimum Gasteiger partial charge on any atom is -0.305 e. The van der Waals surface area contributed by atoms with Crippen molar-refractivity contribution < 1.29 is 6.85 Å². The first kappa shape index (κ1) is 9.30. The van der Waals surface area contributed by atoms with Crippen molar-refractivity contribution in [2.75, 3.05) is 16.5 Å². The maximum Gasteiger partial charge on any atom is 0.178 e. The third-order valence-corrected chi connectivity index (χ3v) is 3.79. The third-order valence-electron chi connectivity index (χ3n) is 3.79. The number of anilines is 4. The van der Waals surface area contributed by atoms with Crippen LogP contribution in [0.4, 0.5) is 23.0 Å². The molecule has 4 rings (SSSR count). The zero-order valence-electron chi connectivity index (χ0n) is 17.3. The van der Waals surface area contributed by atoms with Crippen LogP contribution in [-0.4, -0.2) is 16.6 Å². The Balaban J connectivity index is 1.85. The predicted octanol–water partition coefficient (Wildman–Crippen LogP) is 4.29. The highest BCUT2D eigenvalue weighted by atomic mass is 15.4. The smallest absolute Gasteiger partial charge is 0.178 e. The van der Waals surface area contributed by atoms with Crippen molar-refractivity contribution in [2.45, 2.75) is 13.2 Å². The van der Waals surface area contributed by atoms with Crippen molar-refractivity contribution in [1.82, 2.24) is 9.97 Å². The summed E-state index contributed by atoms with van der Waals surface area (Å²) in [5.74, 6) is 0.987. The Kier molecular flexibility index (Phi) is 2.31. The quantitative estimate of drug-likeness (QED) is 0.722. The van der Waals surface area contributed by atoms with Gasteiger partial charge in [-0.25, -0.2) is 9.97 Å². The number of fused-ring (bicyclic) bond motifs is 1. The molecule has 0 radical (unpaired) electrons. The van der Waals surface area contributed by atoms with Crippen LogP contribution in [0.1, 0.15) is 19.4 Å². The topological polar surface area (TPSA) is 32.3 Å². The molecule has 23 heavy (non-hydrogen) atoms. The van der Waals surface area contributed by atoms with Crippen LogP contribution >= 0.6 is 0 Å². The van der Waals surface area contributed by atoms with E-state index in [-0.39, 0.29) is 5.69 Å². The van der Waals surface area contributed by atoms with Gasteiger partial charge in [0.25, 0.3) is 0 Å². The van der Waals surface area contributed by atoms with Gasteiger partial charge in [0, 0.05) is 18.2 Å². The van der Waals surface area contributed by atoms with E-state index in [1.54, 1.807) is 0 Å². The highest BCUT2D eigenvalue weighted by molar-refractivity contribution is 5.81. The first-order valence-electron chi connectivity index (χ1n) is 9.82. The van der Waals surface area contributed by atoms with Gasteiger partial charge in [-0.3, -0.25) is 0 Å². The Morgan fingerprint density at radius 1 is 0.957 bits per heavy atom. The zero-order valence-corrected chi connectivity index (χ0v) is 12.3. The molecule has 1 aliphatic heterocycles. The molecule has 1 aliphatic rings. The van der Waals surface area contributed by atoms with Crippen LogP contribution in [0, 0.1) is 0 Å². The number of para-hydroxylation sites is 2. The summed E-state index contributed by atoms with van der Waals surface area (Å²) in [4.78, 5) is 12.7. The molecule has 0 N–H and O–H groups in total. The molecule has 0 saturated heterocycles. The largest absolute Gasteiger partial charge is 0.305 e. The van der Waals surface area contributed by atoms with Gasteiger partial charge in [-0.1, -0.05) is 43.3 Å². The number of hydrogen-bond acceptors (Lipinski definition) is 4. The second-order valence-electron chi connectivity index (χ2n) is 5.20. The molecule has 3 aromatic rings. The van der Waals surface area contributed by atoms with Gasteiger partial charge in [0.1, 0.15) is 6.67 Å². The molecule has 0 atom stereocenters. The van der Waals surface area contributed by atoms with Gasteiger partial charge in [0.2, 0.25) is 0 Å². The van der Waals surface area contributed by atoms with Gasteiger partial charge in [-0.2, -0.15) is 0 Å². The molecule has 0 spiro atoms. The summed E-state index contributed by atoms with van der Waals surface area (Å²) < 4.78 is 38.6. The Hall–Kier alpha value is -2.88. The molecule has 2 heterocycles. The fourth-order valence-electron chi connectivity index (χ4n) is 2.70. The highest BCUT2D eigenvalue weighted by Crippen LogP contribution is 2.41. The molecule has 1 aromatic heterocycles. The van der Waals surface area contributed by atoms with E-state index in [2.05, 4.69) is 9.97 Å². The van der Waals surface area contributed by atoms with Gasteiger partial charge < -0.3 is 9.80 Å². The lowest BCUT2D eigenvalue weighted by Crippen LogP contribution is -2.24. The fourth-order valence-corrected chi connectivity index (χ4v) is 2.70. The minimum atomic E-state index is -2.84. The standard InChI is InChI=1S/C19H18N4/c1-2-15-13-20-18-19(21-15)23(17-11-7-4-8-12-17)14-22(18)16-9-5-3-6-10-16/h3-13H,2,14H2,1H3/i1D3,2D2. The molecular formula is C19H18N4. The molecule has 0 bridgehead atoms. The Morgan fingerprint density at radius 3 is 2.17 bits per heavy atom. The number of aromatic nitrogens is 2. The average Bonchev–Trinajstić information content (AvgIpc) is 3.07. The van der Waals surface area contributed by atoms with Gasteiger partial charge in [-0.15, -0.1) is 0 Å². The Morgan fingerprint density at radius 2 is 1.57 bits per heavy atom. The zero-order chi connectivity index (χ0) is 19.9. The molecule has 0 fully saturated rings. The normalized spacial score (nSPS) is 17.7. The summed E-state index contributed by atoms with van der Waals surface area (Å²) >= 11 is 0. The highest BCUT2D eigenvalue weighted by Gasteiger charge is 2.30. The summed E-state index contributed by atoms with van der Waals surface area (Å²) in [6.45, 7) is -2.41. The number of nitrogens with zero attached hydrogens (tertiary/aromatic N) is 4. The third kappa shape index (κ3) is 2.42. The Labute approximate surface area is 143 Å². The van der Waals surface area contributed by atoms with E-state index in [1.165, 1.54) is 6.20 Å². The summed E-state index contributed by atoms with van der Waals surface area (Å²) in [5.41, 5.74) is 1.58. The Bertz CT molecular complexity index is 977. The molecule has 0 amide bonds. The van der Waals surface area contributed by atoms with Crippen LogP contribution in [-0.2, 0) is 6.37 Å². The van der Waals surface area contributed by atoms with E-state index in [4.69, 9.17) is 6.85 Å². The average molecular weight is 307 g/mol. The summed E-state index contributed by atoms with van der Waals surface area (Å²) in [5, 5.41) is 0. The van der Waals surface area contributed by atoms with Gasteiger partial charge in [0.15, 0.2) is 11.6 Å². The van der Waals surface area contributed by atoms with Crippen molar-refractivity contribution in [3.05, 3.63) is 72.6 Å². The summed E-state index contributed by atoms with van der Waals surface area (Å²) in [7, 11) is 0. The van der Waals surface area contributed by atoms with Crippen molar-refractivity contribution >= 4 is 23.0 Å². The van der Waals surface area contributed by atoms with E-state index in [1.807, 2.05) is 70.5 Å².